The molecule has 1 aliphatic rings. The van der Waals surface area contributed by atoms with E-state index in [2.05, 4.69) is 5.32 Å². The van der Waals surface area contributed by atoms with Crippen LogP contribution in [0.2, 0.25) is 0 Å². The zero-order chi connectivity index (χ0) is 14.2. The van der Waals surface area contributed by atoms with Crippen LogP contribution in [0.5, 0.6) is 0 Å². The fourth-order valence-electron chi connectivity index (χ4n) is 2.19. The molecule has 1 amide bonds. The number of nitrogens with one attached hydrogen (secondary N) is 1. The average Bonchev–Trinajstić information content (AvgIpc) is 2.52. The van der Waals surface area contributed by atoms with E-state index in [1.165, 1.54) is 0 Å². The largest absolute Gasteiger partial charge is 0.376 e. The Kier molecular flexibility index (Phi) is 5.98. The van der Waals surface area contributed by atoms with Crippen LogP contribution in [0.3, 0.4) is 0 Å². The van der Waals surface area contributed by atoms with Gasteiger partial charge in [0.15, 0.2) is 0 Å². The van der Waals surface area contributed by atoms with Gasteiger partial charge in [0.2, 0.25) is 5.91 Å². The number of rotatable bonds is 6. The fourth-order valence-corrected chi connectivity index (χ4v) is 2.19. The molecule has 1 aliphatic heterocycles. The lowest BCUT2D eigenvalue weighted by Gasteiger charge is -2.24. The number of benzene rings is 1. The Morgan fingerprint density at radius 1 is 1.35 bits per heavy atom. The van der Waals surface area contributed by atoms with Crippen LogP contribution < -0.4 is 11.1 Å². The van der Waals surface area contributed by atoms with Crippen molar-refractivity contribution >= 4 is 5.91 Å². The van der Waals surface area contributed by atoms with Crippen LogP contribution in [0.4, 0.5) is 0 Å². The molecule has 20 heavy (non-hydrogen) atoms. The third-order valence-corrected chi connectivity index (χ3v) is 3.37. The molecule has 1 fully saturated rings. The van der Waals surface area contributed by atoms with Gasteiger partial charge in [-0.2, -0.15) is 0 Å². The van der Waals surface area contributed by atoms with Gasteiger partial charge in [-0.1, -0.05) is 30.3 Å². The second-order valence-corrected chi connectivity index (χ2v) is 4.94. The highest BCUT2D eigenvalue weighted by atomic mass is 16.6. The van der Waals surface area contributed by atoms with E-state index in [1.807, 2.05) is 30.3 Å². The minimum atomic E-state index is -0.207. The smallest absolute Gasteiger partial charge is 0.224 e. The summed E-state index contributed by atoms with van der Waals surface area (Å²) in [5.41, 5.74) is 6.83. The molecule has 2 rings (SSSR count). The van der Waals surface area contributed by atoms with Gasteiger partial charge in [0.25, 0.3) is 0 Å². The molecule has 0 saturated carbocycles. The maximum absolute atomic E-state index is 12.1. The second kappa shape index (κ2) is 7.99. The summed E-state index contributed by atoms with van der Waals surface area (Å²) in [7, 11) is 0. The molecule has 0 spiro atoms. The standard InChI is InChI=1S/C15H22N2O3/c16-9-13(8-12-4-2-1-3-5-12)15(18)17-10-14-11-19-6-7-20-14/h1-5,13-14H,6-11,16H2,(H,17,18). The van der Waals surface area contributed by atoms with E-state index in [0.717, 1.165) is 5.56 Å². The normalized spacial score (nSPS) is 20.4. The zero-order valence-corrected chi connectivity index (χ0v) is 11.6. The molecule has 3 N–H and O–H groups in total. The van der Waals surface area contributed by atoms with Gasteiger partial charge >= 0.3 is 0 Å². The van der Waals surface area contributed by atoms with Gasteiger partial charge in [-0.05, 0) is 12.0 Å². The lowest BCUT2D eigenvalue weighted by Crippen LogP contribution is -2.43. The Balaban J connectivity index is 1.79. The van der Waals surface area contributed by atoms with Gasteiger partial charge in [-0.3, -0.25) is 4.79 Å². The Morgan fingerprint density at radius 3 is 2.80 bits per heavy atom. The van der Waals surface area contributed by atoms with Gasteiger partial charge < -0.3 is 20.5 Å². The van der Waals surface area contributed by atoms with E-state index in [-0.39, 0.29) is 17.9 Å². The first kappa shape index (κ1) is 15.0. The summed E-state index contributed by atoms with van der Waals surface area (Å²) in [5.74, 6) is -0.229. The minimum Gasteiger partial charge on any atom is -0.376 e. The maximum Gasteiger partial charge on any atom is 0.224 e. The molecule has 1 heterocycles. The highest BCUT2D eigenvalue weighted by Gasteiger charge is 2.20. The van der Waals surface area contributed by atoms with Crippen molar-refractivity contribution in [3.63, 3.8) is 0 Å². The van der Waals surface area contributed by atoms with Crippen LogP contribution >= 0.6 is 0 Å². The molecule has 2 unspecified atom stereocenters. The first-order chi connectivity index (χ1) is 9.79. The van der Waals surface area contributed by atoms with Crippen molar-refractivity contribution in [2.45, 2.75) is 12.5 Å². The quantitative estimate of drug-likeness (QED) is 0.787. The molecule has 5 heteroatoms. The van der Waals surface area contributed by atoms with Crippen molar-refractivity contribution in [2.24, 2.45) is 11.7 Å². The predicted molar refractivity (Wildman–Crippen MR) is 76.3 cm³/mol. The SMILES string of the molecule is NCC(Cc1ccccc1)C(=O)NCC1COCCO1. The summed E-state index contributed by atoms with van der Waals surface area (Å²) in [6.45, 7) is 2.56. The Labute approximate surface area is 119 Å². The maximum atomic E-state index is 12.1. The molecular weight excluding hydrogens is 256 g/mol. The second-order valence-electron chi connectivity index (χ2n) is 4.94. The number of carbonyl (C=O) groups excluding carboxylic acids is 1. The van der Waals surface area contributed by atoms with E-state index in [1.54, 1.807) is 0 Å². The molecule has 0 aliphatic carbocycles. The molecule has 0 bridgehead atoms. The third kappa shape index (κ3) is 4.59. The monoisotopic (exact) mass is 278 g/mol. The molecule has 1 saturated heterocycles. The lowest BCUT2D eigenvalue weighted by molar-refractivity contribution is -0.127. The molecule has 0 radical (unpaired) electrons. The Hall–Kier alpha value is -1.43. The zero-order valence-electron chi connectivity index (χ0n) is 11.6. The van der Waals surface area contributed by atoms with Gasteiger partial charge in [-0.25, -0.2) is 0 Å². The number of nitrogens with two attached hydrogens (primary N) is 1. The van der Waals surface area contributed by atoms with Crippen LogP contribution in [-0.4, -0.2) is 44.9 Å². The van der Waals surface area contributed by atoms with Crippen molar-refractivity contribution in [3.8, 4) is 0 Å². The molecule has 2 atom stereocenters. The summed E-state index contributed by atoms with van der Waals surface area (Å²) >= 11 is 0. The molecule has 1 aromatic rings. The topological polar surface area (TPSA) is 73.6 Å². The summed E-state index contributed by atoms with van der Waals surface area (Å²) in [6, 6.07) is 9.91. The highest BCUT2D eigenvalue weighted by molar-refractivity contribution is 5.79. The van der Waals surface area contributed by atoms with Gasteiger partial charge in [0, 0.05) is 13.1 Å². The first-order valence-electron chi connectivity index (χ1n) is 7.00. The van der Waals surface area contributed by atoms with Crippen LogP contribution in [0.1, 0.15) is 5.56 Å². The van der Waals surface area contributed by atoms with Crippen molar-refractivity contribution in [1.29, 1.82) is 0 Å². The van der Waals surface area contributed by atoms with E-state index < -0.39 is 0 Å². The molecule has 110 valence electrons. The van der Waals surface area contributed by atoms with E-state index in [9.17, 15) is 4.79 Å². The minimum absolute atomic E-state index is 0.0227. The summed E-state index contributed by atoms with van der Waals surface area (Å²) in [6.07, 6.45) is 0.605. The lowest BCUT2D eigenvalue weighted by atomic mass is 9.98. The first-order valence-corrected chi connectivity index (χ1v) is 7.00. The number of ether oxygens (including phenoxy) is 2. The van der Waals surface area contributed by atoms with Crippen LogP contribution in [0, 0.1) is 5.92 Å². The number of hydrogen-bond donors (Lipinski definition) is 2. The van der Waals surface area contributed by atoms with Crippen LogP contribution in [0.25, 0.3) is 0 Å². The Bertz CT molecular complexity index is 405. The third-order valence-electron chi connectivity index (χ3n) is 3.37. The van der Waals surface area contributed by atoms with Crippen molar-refractivity contribution < 1.29 is 14.3 Å². The number of hydrogen-bond acceptors (Lipinski definition) is 4. The highest BCUT2D eigenvalue weighted by Crippen LogP contribution is 2.08. The van der Waals surface area contributed by atoms with Crippen molar-refractivity contribution in [1.82, 2.24) is 5.32 Å². The van der Waals surface area contributed by atoms with E-state index in [4.69, 9.17) is 15.2 Å². The van der Waals surface area contributed by atoms with Gasteiger partial charge in [0.05, 0.1) is 31.8 Å². The fraction of sp³-hybridized carbons (Fsp3) is 0.533. The van der Waals surface area contributed by atoms with Crippen LogP contribution in [-0.2, 0) is 20.7 Å². The summed E-state index contributed by atoms with van der Waals surface area (Å²) in [4.78, 5) is 12.1. The van der Waals surface area contributed by atoms with Crippen molar-refractivity contribution in [2.75, 3.05) is 32.9 Å². The van der Waals surface area contributed by atoms with Gasteiger partial charge in [-0.15, -0.1) is 0 Å². The molecule has 0 aromatic heterocycles. The van der Waals surface area contributed by atoms with Crippen LogP contribution in [0.15, 0.2) is 30.3 Å². The summed E-state index contributed by atoms with van der Waals surface area (Å²) < 4.78 is 10.8. The molecule has 1 aromatic carbocycles. The number of carbonyl (C=O) groups is 1. The van der Waals surface area contributed by atoms with E-state index >= 15 is 0 Å². The molecular formula is C15H22N2O3. The van der Waals surface area contributed by atoms with Crippen molar-refractivity contribution in [3.05, 3.63) is 35.9 Å². The number of amides is 1. The Morgan fingerprint density at radius 2 is 2.15 bits per heavy atom. The van der Waals surface area contributed by atoms with E-state index in [0.29, 0.717) is 39.3 Å². The van der Waals surface area contributed by atoms with Gasteiger partial charge in [0.1, 0.15) is 0 Å². The average molecular weight is 278 g/mol. The molecule has 5 nitrogen and oxygen atoms in total. The predicted octanol–water partition coefficient (Wildman–Crippen LogP) is 0.336. The summed E-state index contributed by atoms with van der Waals surface area (Å²) in [5, 5.41) is 2.90.